The molecular formula is C10H11ClN2O2. The molecule has 0 aromatic carbocycles. The van der Waals surface area contributed by atoms with Gasteiger partial charge in [-0.05, 0) is 30.4 Å². The van der Waals surface area contributed by atoms with Gasteiger partial charge < -0.3 is 10.8 Å². The molecule has 3 N–H and O–H groups in total. The Balaban J connectivity index is 2.49. The summed E-state index contributed by atoms with van der Waals surface area (Å²) in [5, 5.41) is 9.05. The summed E-state index contributed by atoms with van der Waals surface area (Å²) in [6, 6.07) is 1.64. The molecule has 1 saturated carbocycles. The summed E-state index contributed by atoms with van der Waals surface area (Å²) in [4.78, 5) is 14.8. The first-order chi connectivity index (χ1) is 7.09. The third-order valence-electron chi connectivity index (χ3n) is 2.78. The quantitative estimate of drug-likeness (QED) is 0.759. The van der Waals surface area contributed by atoms with Crippen LogP contribution in [0.1, 0.15) is 41.2 Å². The van der Waals surface area contributed by atoms with Crippen LogP contribution in [0, 0.1) is 0 Å². The van der Waals surface area contributed by atoms with E-state index in [1.165, 1.54) is 0 Å². The van der Waals surface area contributed by atoms with Gasteiger partial charge in [-0.25, -0.2) is 9.78 Å². The number of carboxylic acid groups (broad SMARTS) is 1. The molecule has 0 atom stereocenters. The average molecular weight is 227 g/mol. The van der Waals surface area contributed by atoms with E-state index in [0.29, 0.717) is 5.69 Å². The lowest BCUT2D eigenvalue weighted by molar-refractivity contribution is 0.0688. The molecule has 0 aliphatic heterocycles. The van der Waals surface area contributed by atoms with Gasteiger partial charge >= 0.3 is 5.97 Å². The monoisotopic (exact) mass is 226 g/mol. The number of rotatable bonds is 2. The predicted octanol–water partition coefficient (Wildman–Crippen LogP) is 2.28. The molecule has 1 fully saturated rings. The summed E-state index contributed by atoms with van der Waals surface area (Å²) in [6.45, 7) is 0. The fourth-order valence-corrected chi connectivity index (χ4v) is 1.86. The smallest absolute Gasteiger partial charge is 0.354 e. The SMILES string of the molecule is Nc1cc(C2CCC2)c(C(=O)O)nc1Cl. The van der Waals surface area contributed by atoms with Crippen LogP contribution in [0.5, 0.6) is 0 Å². The van der Waals surface area contributed by atoms with Crippen LogP contribution in [0.3, 0.4) is 0 Å². The molecule has 2 rings (SSSR count). The number of nitrogen functional groups attached to an aromatic ring is 1. The van der Waals surface area contributed by atoms with Gasteiger partial charge in [-0.3, -0.25) is 0 Å². The van der Waals surface area contributed by atoms with E-state index in [-0.39, 0.29) is 16.8 Å². The number of anilines is 1. The highest BCUT2D eigenvalue weighted by atomic mass is 35.5. The van der Waals surface area contributed by atoms with Gasteiger partial charge in [-0.1, -0.05) is 18.0 Å². The highest BCUT2D eigenvalue weighted by molar-refractivity contribution is 6.32. The van der Waals surface area contributed by atoms with E-state index in [1.807, 2.05) is 0 Å². The van der Waals surface area contributed by atoms with Gasteiger partial charge in [0.2, 0.25) is 0 Å². The minimum Gasteiger partial charge on any atom is -0.477 e. The van der Waals surface area contributed by atoms with Gasteiger partial charge in [-0.2, -0.15) is 0 Å². The number of hydrogen-bond donors (Lipinski definition) is 2. The number of aromatic carboxylic acids is 1. The van der Waals surface area contributed by atoms with E-state index in [2.05, 4.69) is 4.98 Å². The van der Waals surface area contributed by atoms with E-state index in [1.54, 1.807) is 6.07 Å². The van der Waals surface area contributed by atoms with E-state index >= 15 is 0 Å². The zero-order valence-electron chi connectivity index (χ0n) is 8.03. The van der Waals surface area contributed by atoms with Crippen LogP contribution >= 0.6 is 11.6 Å². The lowest BCUT2D eigenvalue weighted by atomic mass is 9.79. The molecule has 1 aromatic heterocycles. The van der Waals surface area contributed by atoms with Gasteiger partial charge in [-0.15, -0.1) is 0 Å². The summed E-state index contributed by atoms with van der Waals surface area (Å²) in [6.07, 6.45) is 3.14. The second-order valence-corrected chi connectivity index (χ2v) is 4.10. The first-order valence-corrected chi connectivity index (χ1v) is 5.16. The predicted molar refractivity (Wildman–Crippen MR) is 57.2 cm³/mol. The van der Waals surface area contributed by atoms with Gasteiger partial charge in [0, 0.05) is 0 Å². The summed E-state index contributed by atoms with van der Waals surface area (Å²) in [5.74, 6) is -0.762. The number of halogens is 1. The van der Waals surface area contributed by atoms with Gasteiger partial charge in [0.1, 0.15) is 0 Å². The van der Waals surface area contributed by atoms with Gasteiger partial charge in [0.15, 0.2) is 10.8 Å². The molecule has 0 amide bonds. The van der Waals surface area contributed by atoms with Gasteiger partial charge in [0.05, 0.1) is 5.69 Å². The molecule has 1 heterocycles. The maximum atomic E-state index is 11.0. The number of hydrogen-bond acceptors (Lipinski definition) is 3. The average Bonchev–Trinajstić information content (AvgIpc) is 2.07. The Morgan fingerprint density at radius 1 is 1.60 bits per heavy atom. The minimum atomic E-state index is -1.04. The topological polar surface area (TPSA) is 76.2 Å². The lowest BCUT2D eigenvalue weighted by Crippen LogP contribution is -2.16. The lowest BCUT2D eigenvalue weighted by Gasteiger charge is -2.26. The van der Waals surface area contributed by atoms with Crippen molar-refractivity contribution in [1.82, 2.24) is 4.98 Å². The molecule has 5 heteroatoms. The van der Waals surface area contributed by atoms with E-state index < -0.39 is 5.97 Å². The van der Waals surface area contributed by atoms with Crippen molar-refractivity contribution in [2.45, 2.75) is 25.2 Å². The Labute approximate surface area is 92.1 Å². The molecular weight excluding hydrogens is 216 g/mol. The van der Waals surface area contributed by atoms with Crippen LogP contribution in [-0.4, -0.2) is 16.1 Å². The largest absolute Gasteiger partial charge is 0.477 e. The zero-order chi connectivity index (χ0) is 11.0. The Morgan fingerprint density at radius 3 is 2.73 bits per heavy atom. The molecule has 0 spiro atoms. The van der Waals surface area contributed by atoms with Crippen LogP contribution in [0.2, 0.25) is 5.15 Å². The molecule has 1 aromatic rings. The zero-order valence-corrected chi connectivity index (χ0v) is 8.79. The number of carbonyl (C=O) groups is 1. The number of aromatic nitrogens is 1. The molecule has 4 nitrogen and oxygen atoms in total. The van der Waals surface area contributed by atoms with Crippen LogP contribution in [0.15, 0.2) is 6.07 Å². The van der Waals surface area contributed by atoms with Crippen molar-refractivity contribution >= 4 is 23.3 Å². The van der Waals surface area contributed by atoms with E-state index in [9.17, 15) is 4.79 Å². The maximum Gasteiger partial charge on any atom is 0.354 e. The molecule has 80 valence electrons. The van der Waals surface area contributed by atoms with Gasteiger partial charge in [0.25, 0.3) is 0 Å². The number of pyridine rings is 1. The minimum absolute atomic E-state index is 0.0406. The van der Waals surface area contributed by atoms with Crippen LogP contribution in [0.25, 0.3) is 0 Å². The first-order valence-electron chi connectivity index (χ1n) is 4.79. The van der Waals surface area contributed by atoms with Crippen molar-refractivity contribution in [2.75, 3.05) is 5.73 Å². The maximum absolute atomic E-state index is 11.0. The molecule has 0 bridgehead atoms. The first kappa shape index (κ1) is 10.2. The summed E-state index contributed by atoms with van der Waals surface area (Å²) < 4.78 is 0. The fraction of sp³-hybridized carbons (Fsp3) is 0.400. The summed E-state index contributed by atoms with van der Waals surface area (Å²) in [5.41, 5.74) is 6.73. The summed E-state index contributed by atoms with van der Waals surface area (Å²) in [7, 11) is 0. The Kier molecular flexibility index (Phi) is 2.52. The number of carboxylic acids is 1. The van der Waals surface area contributed by atoms with Crippen molar-refractivity contribution < 1.29 is 9.90 Å². The van der Waals surface area contributed by atoms with E-state index in [4.69, 9.17) is 22.4 Å². The van der Waals surface area contributed by atoms with Crippen molar-refractivity contribution in [3.8, 4) is 0 Å². The van der Waals surface area contributed by atoms with Crippen LogP contribution < -0.4 is 5.73 Å². The second-order valence-electron chi connectivity index (χ2n) is 3.74. The van der Waals surface area contributed by atoms with E-state index in [0.717, 1.165) is 24.8 Å². The Hall–Kier alpha value is -1.29. The third-order valence-corrected chi connectivity index (χ3v) is 3.08. The van der Waals surface area contributed by atoms with Crippen molar-refractivity contribution in [3.63, 3.8) is 0 Å². The molecule has 15 heavy (non-hydrogen) atoms. The molecule has 0 saturated heterocycles. The molecule has 0 unspecified atom stereocenters. The standard InChI is InChI=1S/C10H11ClN2O2/c11-9-7(12)4-6(5-2-1-3-5)8(13-9)10(14)15/h4-5H,1-3,12H2,(H,14,15). The third kappa shape index (κ3) is 1.77. The second kappa shape index (κ2) is 3.70. The highest BCUT2D eigenvalue weighted by Crippen LogP contribution is 2.39. The fourth-order valence-electron chi connectivity index (χ4n) is 1.72. The van der Waals surface area contributed by atoms with Crippen molar-refractivity contribution in [2.24, 2.45) is 0 Å². The normalized spacial score (nSPS) is 16.1. The molecule has 0 radical (unpaired) electrons. The molecule has 1 aliphatic rings. The van der Waals surface area contributed by atoms with Crippen molar-refractivity contribution in [3.05, 3.63) is 22.5 Å². The number of nitrogens with two attached hydrogens (primary N) is 1. The van der Waals surface area contributed by atoms with Crippen LogP contribution in [0.4, 0.5) is 5.69 Å². The Morgan fingerprint density at radius 2 is 2.27 bits per heavy atom. The van der Waals surface area contributed by atoms with Crippen molar-refractivity contribution in [1.29, 1.82) is 0 Å². The highest BCUT2D eigenvalue weighted by Gasteiger charge is 2.26. The molecule has 1 aliphatic carbocycles. The van der Waals surface area contributed by atoms with Crippen LogP contribution in [-0.2, 0) is 0 Å². The Bertz CT molecular complexity index is 416. The summed E-state index contributed by atoms with van der Waals surface area (Å²) >= 11 is 5.70. The number of nitrogens with zero attached hydrogens (tertiary/aromatic N) is 1.